The summed E-state index contributed by atoms with van der Waals surface area (Å²) < 4.78 is 12.9. The first-order valence-electron chi connectivity index (χ1n) is 7.96. The van der Waals surface area contributed by atoms with Crippen molar-refractivity contribution in [2.75, 3.05) is 19.6 Å². The molecule has 0 bridgehead atoms. The van der Waals surface area contributed by atoms with E-state index in [0.29, 0.717) is 12.5 Å². The van der Waals surface area contributed by atoms with Crippen LogP contribution in [0.5, 0.6) is 0 Å². The standard InChI is InChI=1S/C17H23FN2O/c18-15-5-3-13(4-6-15)11-17(21)20-9-7-16(8-10-20)19-12-14-1-2-14/h3-6,14,16,19H,1-2,7-12H2. The van der Waals surface area contributed by atoms with Crippen molar-refractivity contribution < 1.29 is 9.18 Å². The number of benzene rings is 1. The molecule has 1 saturated carbocycles. The number of piperidine rings is 1. The lowest BCUT2D eigenvalue weighted by Crippen LogP contribution is -2.45. The van der Waals surface area contributed by atoms with E-state index in [2.05, 4.69) is 5.32 Å². The van der Waals surface area contributed by atoms with Crippen molar-refractivity contribution in [3.8, 4) is 0 Å². The summed E-state index contributed by atoms with van der Waals surface area (Å²) in [6.07, 6.45) is 5.22. The van der Waals surface area contributed by atoms with Crippen LogP contribution in [0.3, 0.4) is 0 Å². The van der Waals surface area contributed by atoms with E-state index in [-0.39, 0.29) is 11.7 Å². The molecule has 0 spiro atoms. The van der Waals surface area contributed by atoms with Gasteiger partial charge in [-0.2, -0.15) is 0 Å². The number of rotatable bonds is 5. The summed E-state index contributed by atoms with van der Waals surface area (Å²) in [6, 6.07) is 6.78. The zero-order valence-electron chi connectivity index (χ0n) is 12.4. The second-order valence-corrected chi connectivity index (χ2v) is 6.31. The molecule has 1 aliphatic carbocycles. The number of hydrogen-bond donors (Lipinski definition) is 1. The fourth-order valence-electron chi connectivity index (χ4n) is 2.88. The Morgan fingerprint density at radius 2 is 1.81 bits per heavy atom. The Hall–Kier alpha value is -1.42. The van der Waals surface area contributed by atoms with Crippen LogP contribution in [0.4, 0.5) is 4.39 Å². The number of carbonyl (C=O) groups is 1. The minimum absolute atomic E-state index is 0.155. The molecule has 4 heteroatoms. The van der Waals surface area contributed by atoms with Crippen molar-refractivity contribution in [2.45, 2.75) is 38.1 Å². The Kier molecular flexibility index (Phi) is 4.54. The highest BCUT2D eigenvalue weighted by Crippen LogP contribution is 2.28. The molecule has 1 amide bonds. The highest BCUT2D eigenvalue weighted by molar-refractivity contribution is 5.78. The van der Waals surface area contributed by atoms with Gasteiger partial charge >= 0.3 is 0 Å². The molecule has 21 heavy (non-hydrogen) atoms. The van der Waals surface area contributed by atoms with Crippen LogP contribution >= 0.6 is 0 Å². The number of carbonyl (C=O) groups excluding carboxylic acids is 1. The van der Waals surface area contributed by atoms with Crippen LogP contribution in [0, 0.1) is 11.7 Å². The molecule has 0 aromatic heterocycles. The van der Waals surface area contributed by atoms with Gasteiger partial charge in [-0.1, -0.05) is 12.1 Å². The van der Waals surface area contributed by atoms with Crippen molar-refractivity contribution in [1.82, 2.24) is 10.2 Å². The molecule has 2 aliphatic rings. The molecule has 0 unspecified atom stereocenters. The number of likely N-dealkylation sites (tertiary alicyclic amines) is 1. The van der Waals surface area contributed by atoms with Gasteiger partial charge in [0.1, 0.15) is 5.82 Å². The third-order valence-corrected chi connectivity index (χ3v) is 4.51. The van der Waals surface area contributed by atoms with Crippen LogP contribution in [0.25, 0.3) is 0 Å². The Balaban J connectivity index is 1.42. The molecule has 1 aliphatic heterocycles. The Morgan fingerprint density at radius 1 is 1.14 bits per heavy atom. The van der Waals surface area contributed by atoms with Crippen molar-refractivity contribution in [3.05, 3.63) is 35.6 Å². The monoisotopic (exact) mass is 290 g/mol. The largest absolute Gasteiger partial charge is 0.342 e. The molecule has 1 heterocycles. The molecule has 1 aromatic rings. The average Bonchev–Trinajstić information content (AvgIpc) is 3.32. The zero-order chi connectivity index (χ0) is 14.7. The van der Waals surface area contributed by atoms with Gasteiger partial charge < -0.3 is 10.2 Å². The van der Waals surface area contributed by atoms with Gasteiger partial charge in [0, 0.05) is 19.1 Å². The molecule has 3 nitrogen and oxygen atoms in total. The highest BCUT2D eigenvalue weighted by Gasteiger charge is 2.25. The lowest BCUT2D eigenvalue weighted by Gasteiger charge is -2.32. The first-order chi connectivity index (χ1) is 10.2. The Morgan fingerprint density at radius 3 is 2.43 bits per heavy atom. The zero-order valence-corrected chi connectivity index (χ0v) is 12.4. The van der Waals surface area contributed by atoms with Gasteiger partial charge in [-0.3, -0.25) is 4.79 Å². The van der Waals surface area contributed by atoms with Gasteiger partial charge in [0.15, 0.2) is 0 Å². The molecular formula is C17H23FN2O. The Bertz CT molecular complexity index is 476. The van der Waals surface area contributed by atoms with Gasteiger partial charge in [0.05, 0.1) is 6.42 Å². The quantitative estimate of drug-likeness (QED) is 0.903. The smallest absolute Gasteiger partial charge is 0.226 e. The van der Waals surface area contributed by atoms with E-state index < -0.39 is 0 Å². The molecule has 114 valence electrons. The second kappa shape index (κ2) is 6.56. The minimum Gasteiger partial charge on any atom is -0.342 e. The van der Waals surface area contributed by atoms with E-state index >= 15 is 0 Å². The molecule has 3 rings (SSSR count). The van der Waals surface area contributed by atoms with E-state index in [4.69, 9.17) is 0 Å². The van der Waals surface area contributed by atoms with E-state index in [1.54, 1.807) is 12.1 Å². The van der Waals surface area contributed by atoms with E-state index in [1.807, 2.05) is 4.90 Å². The predicted octanol–water partition coefficient (Wildman–Crippen LogP) is 2.36. The maximum atomic E-state index is 12.9. The molecule has 1 aromatic carbocycles. The van der Waals surface area contributed by atoms with Crippen LogP contribution in [0.2, 0.25) is 0 Å². The third kappa shape index (κ3) is 4.27. The lowest BCUT2D eigenvalue weighted by molar-refractivity contribution is -0.131. The third-order valence-electron chi connectivity index (χ3n) is 4.51. The Labute approximate surface area is 125 Å². The fraction of sp³-hybridized carbons (Fsp3) is 0.588. The van der Waals surface area contributed by atoms with Gasteiger partial charge in [0.2, 0.25) is 5.91 Å². The highest BCUT2D eigenvalue weighted by atomic mass is 19.1. The van der Waals surface area contributed by atoms with Gasteiger partial charge in [-0.05, 0) is 55.8 Å². The van der Waals surface area contributed by atoms with Crippen molar-refractivity contribution in [1.29, 1.82) is 0 Å². The summed E-state index contributed by atoms with van der Waals surface area (Å²) in [5.74, 6) is 0.805. The van der Waals surface area contributed by atoms with Crippen LogP contribution in [-0.2, 0) is 11.2 Å². The van der Waals surface area contributed by atoms with Gasteiger partial charge in [-0.25, -0.2) is 4.39 Å². The number of halogens is 1. The van der Waals surface area contributed by atoms with E-state index in [0.717, 1.165) is 44.0 Å². The summed E-state index contributed by atoms with van der Waals surface area (Å²) >= 11 is 0. The summed E-state index contributed by atoms with van der Waals surface area (Å²) in [5.41, 5.74) is 0.885. The normalized spacial score (nSPS) is 19.8. The average molecular weight is 290 g/mol. The van der Waals surface area contributed by atoms with Crippen LogP contribution < -0.4 is 5.32 Å². The molecule has 1 N–H and O–H groups in total. The number of nitrogens with zero attached hydrogens (tertiary/aromatic N) is 1. The maximum absolute atomic E-state index is 12.9. The number of hydrogen-bond acceptors (Lipinski definition) is 2. The minimum atomic E-state index is -0.256. The summed E-state index contributed by atoms with van der Waals surface area (Å²) in [4.78, 5) is 14.2. The predicted molar refractivity (Wildman–Crippen MR) is 80.4 cm³/mol. The summed E-state index contributed by atoms with van der Waals surface area (Å²) in [7, 11) is 0. The molecule has 0 radical (unpaired) electrons. The lowest BCUT2D eigenvalue weighted by atomic mass is 10.0. The van der Waals surface area contributed by atoms with E-state index in [1.165, 1.54) is 25.0 Å². The van der Waals surface area contributed by atoms with Crippen molar-refractivity contribution >= 4 is 5.91 Å². The van der Waals surface area contributed by atoms with Crippen molar-refractivity contribution in [2.24, 2.45) is 5.92 Å². The van der Waals surface area contributed by atoms with E-state index in [9.17, 15) is 9.18 Å². The fourth-order valence-corrected chi connectivity index (χ4v) is 2.88. The van der Waals surface area contributed by atoms with Crippen LogP contribution in [0.15, 0.2) is 24.3 Å². The van der Waals surface area contributed by atoms with Gasteiger partial charge in [0.25, 0.3) is 0 Å². The van der Waals surface area contributed by atoms with Gasteiger partial charge in [-0.15, -0.1) is 0 Å². The first-order valence-corrected chi connectivity index (χ1v) is 7.96. The summed E-state index contributed by atoms with van der Waals surface area (Å²) in [6.45, 7) is 2.82. The maximum Gasteiger partial charge on any atom is 0.226 e. The molecule has 1 saturated heterocycles. The molecule has 0 atom stereocenters. The molecule has 2 fully saturated rings. The number of amides is 1. The first kappa shape index (κ1) is 14.5. The summed E-state index contributed by atoms with van der Waals surface area (Å²) in [5, 5.41) is 3.62. The SMILES string of the molecule is O=C(Cc1ccc(F)cc1)N1CCC(NCC2CC2)CC1. The van der Waals surface area contributed by atoms with Crippen LogP contribution in [0.1, 0.15) is 31.2 Å². The second-order valence-electron chi connectivity index (χ2n) is 6.31. The topological polar surface area (TPSA) is 32.3 Å². The van der Waals surface area contributed by atoms with Crippen molar-refractivity contribution in [3.63, 3.8) is 0 Å². The number of nitrogens with one attached hydrogen (secondary N) is 1. The van der Waals surface area contributed by atoms with Crippen LogP contribution in [-0.4, -0.2) is 36.5 Å². The molecular weight excluding hydrogens is 267 g/mol.